The number of carbonyl (C=O) groups is 4. The molecule has 0 atom stereocenters. The van der Waals surface area contributed by atoms with Crippen molar-refractivity contribution in [3.63, 3.8) is 0 Å². The van der Waals surface area contributed by atoms with Crippen LogP contribution in [0.1, 0.15) is 199 Å². The van der Waals surface area contributed by atoms with Crippen LogP contribution in [-0.4, -0.2) is 47.3 Å². The molecule has 8 nitrogen and oxygen atoms in total. The van der Waals surface area contributed by atoms with E-state index in [0.29, 0.717) is 13.2 Å². The van der Waals surface area contributed by atoms with E-state index in [1.165, 1.54) is 101 Å². The van der Waals surface area contributed by atoms with Crippen LogP contribution in [0.15, 0.2) is 48.5 Å². The van der Waals surface area contributed by atoms with Gasteiger partial charge in [-0.25, -0.2) is 19.2 Å². The van der Waals surface area contributed by atoms with Crippen LogP contribution in [0.2, 0.25) is 0 Å². The Bertz CT molecular complexity index is 1040. The summed E-state index contributed by atoms with van der Waals surface area (Å²) in [7, 11) is 0. The zero-order valence-electron chi connectivity index (χ0n) is 32.1. The first kappa shape index (κ1) is 48.4. The van der Waals surface area contributed by atoms with E-state index in [2.05, 4.69) is 41.5 Å². The minimum absolute atomic E-state index is 0.190. The van der Waals surface area contributed by atoms with Gasteiger partial charge in [0.05, 0.1) is 35.5 Å². The summed E-state index contributed by atoms with van der Waals surface area (Å²) in [6, 6.07) is 12.1. The topological polar surface area (TPSA) is 127 Å². The Hall–Kier alpha value is -3.68. The number of hydrogen-bond donors (Lipinski definition) is 2. The fourth-order valence-electron chi connectivity index (χ4n) is 4.59. The number of carboxylic acids is 2. The Morgan fingerprint density at radius 1 is 0.400 bits per heavy atom. The molecular weight excluding hydrogens is 632 g/mol. The third kappa shape index (κ3) is 26.2. The van der Waals surface area contributed by atoms with Gasteiger partial charge in [0.15, 0.2) is 0 Å². The molecule has 2 rings (SSSR count). The number of carboxylic acid groups (broad SMARTS) is 2. The lowest BCUT2D eigenvalue weighted by molar-refractivity contribution is 0.0451. The number of ether oxygens (including phenoxy) is 2. The van der Waals surface area contributed by atoms with Crippen LogP contribution in [0.3, 0.4) is 0 Å². The second kappa shape index (κ2) is 35.2. The number of unbranched alkanes of at least 4 members (excludes halogenated alkanes) is 14. The molecular formula is C42H68O8. The quantitative estimate of drug-likeness (QED) is 0.0917. The highest BCUT2D eigenvalue weighted by molar-refractivity contribution is 6.03. The van der Waals surface area contributed by atoms with Crippen molar-refractivity contribution in [2.45, 2.75) is 157 Å². The maximum Gasteiger partial charge on any atom is 0.339 e. The van der Waals surface area contributed by atoms with Gasteiger partial charge < -0.3 is 19.7 Å². The molecule has 0 saturated carbocycles. The molecule has 0 saturated heterocycles. The first-order valence-corrected chi connectivity index (χ1v) is 19.1. The number of hydrogen-bond acceptors (Lipinski definition) is 6. The number of esters is 2. The van der Waals surface area contributed by atoms with Crippen LogP contribution in [0.25, 0.3) is 0 Å². The minimum Gasteiger partial charge on any atom is -0.478 e. The van der Waals surface area contributed by atoms with Gasteiger partial charge in [-0.15, -0.1) is 0 Å². The Kier molecular flexibility index (Phi) is 34.1. The van der Waals surface area contributed by atoms with Crippen LogP contribution in [0, 0.1) is 0 Å². The summed E-state index contributed by atoms with van der Waals surface area (Å²) in [5, 5.41) is 17.1. The molecule has 284 valence electrons. The molecule has 0 fully saturated rings. The molecule has 2 N–H and O–H groups in total. The molecule has 0 aliphatic heterocycles. The van der Waals surface area contributed by atoms with E-state index < -0.39 is 23.9 Å². The average Bonchev–Trinajstić information content (AvgIpc) is 3.13. The van der Waals surface area contributed by atoms with Gasteiger partial charge in [0.1, 0.15) is 0 Å². The van der Waals surface area contributed by atoms with Crippen molar-refractivity contribution in [1.29, 1.82) is 0 Å². The molecule has 2 aromatic rings. The van der Waals surface area contributed by atoms with E-state index in [9.17, 15) is 19.2 Å². The molecule has 0 aliphatic rings. The number of benzene rings is 2. The third-order valence-corrected chi connectivity index (χ3v) is 7.63. The molecule has 2 aromatic carbocycles. The van der Waals surface area contributed by atoms with Crippen molar-refractivity contribution in [3.8, 4) is 0 Å². The van der Waals surface area contributed by atoms with E-state index >= 15 is 0 Å². The number of carbonyl (C=O) groups excluding carboxylic acids is 2. The third-order valence-electron chi connectivity index (χ3n) is 7.63. The van der Waals surface area contributed by atoms with E-state index in [-0.39, 0.29) is 22.3 Å². The maximum atomic E-state index is 12.1. The van der Waals surface area contributed by atoms with Crippen molar-refractivity contribution in [1.82, 2.24) is 0 Å². The molecule has 0 heterocycles. The van der Waals surface area contributed by atoms with Gasteiger partial charge in [-0.2, -0.15) is 0 Å². The van der Waals surface area contributed by atoms with E-state index in [1.54, 1.807) is 24.3 Å². The van der Waals surface area contributed by atoms with Crippen molar-refractivity contribution >= 4 is 23.9 Å². The van der Waals surface area contributed by atoms with Gasteiger partial charge in [0.2, 0.25) is 0 Å². The van der Waals surface area contributed by atoms with Gasteiger partial charge in [0.25, 0.3) is 0 Å². The monoisotopic (exact) mass is 700 g/mol. The van der Waals surface area contributed by atoms with Crippen molar-refractivity contribution in [2.75, 3.05) is 13.2 Å². The number of aromatic carboxylic acids is 2. The van der Waals surface area contributed by atoms with Gasteiger partial charge in [-0.05, 0) is 37.1 Å². The molecule has 0 amide bonds. The zero-order valence-corrected chi connectivity index (χ0v) is 32.1. The maximum absolute atomic E-state index is 12.1. The molecule has 0 aromatic heterocycles. The van der Waals surface area contributed by atoms with Crippen molar-refractivity contribution < 1.29 is 38.9 Å². The van der Waals surface area contributed by atoms with E-state index in [1.807, 2.05) is 0 Å². The average molecular weight is 701 g/mol. The lowest BCUT2D eigenvalue weighted by Crippen LogP contribution is -2.15. The summed E-state index contributed by atoms with van der Waals surface area (Å²) >= 11 is 0. The summed E-state index contributed by atoms with van der Waals surface area (Å²) in [4.78, 5) is 45.1. The Morgan fingerprint density at radius 3 is 0.880 bits per heavy atom. The van der Waals surface area contributed by atoms with Crippen LogP contribution in [0.4, 0.5) is 0 Å². The molecule has 8 heteroatoms. The first-order valence-electron chi connectivity index (χ1n) is 19.1. The van der Waals surface area contributed by atoms with Crippen LogP contribution >= 0.6 is 0 Å². The summed E-state index contributed by atoms with van der Waals surface area (Å²) < 4.78 is 10.4. The Labute approximate surface area is 303 Å². The lowest BCUT2D eigenvalue weighted by atomic mass is 10.1. The molecule has 0 spiro atoms. The van der Waals surface area contributed by atoms with Crippen molar-refractivity contribution in [3.05, 3.63) is 70.8 Å². The van der Waals surface area contributed by atoms with Gasteiger partial charge in [0, 0.05) is 0 Å². The highest BCUT2D eigenvalue weighted by Crippen LogP contribution is 2.13. The fraction of sp³-hybridized carbons (Fsp3) is 0.619. The van der Waals surface area contributed by atoms with Crippen LogP contribution < -0.4 is 0 Å². The summed E-state index contributed by atoms with van der Waals surface area (Å²) in [6.45, 7) is 14.0. The predicted octanol–water partition coefficient (Wildman–Crippen LogP) is 12.2. The largest absolute Gasteiger partial charge is 0.478 e. The standard InChI is InChI=1S/C18H26O4.C8H6O4.2C8H18/c1-3-5-9-13-21-17(19)15-11-7-8-12-16(15)18(20)22-14-10-6-4-2;9-7(10)5-3-1-2-4-6(5)8(11)12;2*1-3-5-7-8-6-4-2/h7-8,11-12H,3-6,9-10,13-14H2,1-2H3;1-4H,(H,9,10)(H,11,12);2*3-8H2,1-2H3. The first-order chi connectivity index (χ1) is 24.2. The summed E-state index contributed by atoms with van der Waals surface area (Å²) in [6.07, 6.45) is 22.8. The van der Waals surface area contributed by atoms with Crippen LogP contribution in [-0.2, 0) is 9.47 Å². The Morgan fingerprint density at radius 2 is 0.640 bits per heavy atom. The van der Waals surface area contributed by atoms with E-state index in [0.717, 1.165) is 38.5 Å². The highest BCUT2D eigenvalue weighted by atomic mass is 16.5. The molecule has 0 bridgehead atoms. The van der Waals surface area contributed by atoms with Gasteiger partial charge in [-0.1, -0.05) is 169 Å². The normalized spacial score (nSPS) is 9.88. The van der Waals surface area contributed by atoms with Gasteiger partial charge >= 0.3 is 23.9 Å². The van der Waals surface area contributed by atoms with Gasteiger partial charge in [-0.3, -0.25) is 0 Å². The smallest absolute Gasteiger partial charge is 0.339 e. The van der Waals surface area contributed by atoms with E-state index in [4.69, 9.17) is 19.7 Å². The molecule has 0 radical (unpaired) electrons. The minimum atomic E-state index is -1.23. The summed E-state index contributed by atoms with van der Waals surface area (Å²) in [5.74, 6) is -3.38. The molecule has 50 heavy (non-hydrogen) atoms. The van der Waals surface area contributed by atoms with Crippen LogP contribution in [0.5, 0.6) is 0 Å². The zero-order chi connectivity index (χ0) is 37.8. The predicted molar refractivity (Wildman–Crippen MR) is 205 cm³/mol. The highest BCUT2D eigenvalue weighted by Gasteiger charge is 2.18. The molecule has 0 unspecified atom stereocenters. The van der Waals surface area contributed by atoms with Crippen molar-refractivity contribution in [2.24, 2.45) is 0 Å². The second-order valence-corrected chi connectivity index (χ2v) is 12.2. The second-order valence-electron chi connectivity index (χ2n) is 12.2. The summed E-state index contributed by atoms with van der Waals surface area (Å²) in [5.41, 5.74) is 0.175. The fourth-order valence-corrected chi connectivity index (χ4v) is 4.59. The number of rotatable bonds is 22. The lowest BCUT2D eigenvalue weighted by Gasteiger charge is -2.09. The SMILES string of the molecule is CCCCCCCC.CCCCCCCC.CCCCCOC(=O)c1ccccc1C(=O)OCCCCC.O=C(O)c1ccccc1C(=O)O. The Balaban J connectivity index is 0. The molecule has 0 aliphatic carbocycles.